The Bertz CT molecular complexity index is 1180. The highest BCUT2D eigenvalue weighted by Gasteiger charge is 2.64. The number of hydrogen-bond acceptors (Lipinski definition) is 7. The molecule has 5 N–H and O–H groups in total. The van der Waals surface area contributed by atoms with E-state index in [1.54, 1.807) is 25.9 Å². The number of phenols is 1. The van der Waals surface area contributed by atoms with Crippen molar-refractivity contribution in [1.82, 2.24) is 4.90 Å². The Balaban J connectivity index is 1.98. The highest BCUT2D eigenvalue weighted by atomic mass is 127. The molecule has 1 fully saturated rings. The first kappa shape index (κ1) is 23.9. The third-order valence-corrected chi connectivity index (χ3v) is 8.27. The van der Waals surface area contributed by atoms with Gasteiger partial charge in [0.15, 0.2) is 5.60 Å². The molecule has 0 radical (unpaired) electrons. The van der Waals surface area contributed by atoms with Crippen molar-refractivity contribution in [2.24, 2.45) is 17.6 Å². The average molecular weight is 566 g/mol. The third-order valence-electron chi connectivity index (χ3n) is 7.45. The third kappa shape index (κ3) is 3.12. The van der Waals surface area contributed by atoms with Crippen LogP contribution in [0.5, 0.6) is 5.75 Å². The summed E-state index contributed by atoms with van der Waals surface area (Å²) in [5, 5.41) is 33.5. The van der Waals surface area contributed by atoms with Gasteiger partial charge in [0.1, 0.15) is 11.5 Å². The smallest absolute Gasteiger partial charge is 0.252 e. The summed E-state index contributed by atoms with van der Waals surface area (Å²) in [6.45, 7) is 3.60. The van der Waals surface area contributed by atoms with E-state index in [2.05, 4.69) is 0 Å². The Morgan fingerprint density at radius 1 is 1.27 bits per heavy atom. The predicted octanol–water partition coefficient (Wildman–Crippen LogP) is 1.64. The predicted molar refractivity (Wildman–Crippen MR) is 129 cm³/mol. The number of halogens is 1. The number of carbonyl (C=O) groups is 3. The summed E-state index contributed by atoms with van der Waals surface area (Å²) in [4.78, 5) is 41.0. The Morgan fingerprint density at radius 3 is 2.45 bits per heavy atom. The van der Waals surface area contributed by atoms with Crippen molar-refractivity contribution in [3.05, 3.63) is 43.0 Å². The van der Waals surface area contributed by atoms with Crippen LogP contribution in [0.4, 0.5) is 0 Å². The molecule has 1 unspecified atom stereocenters. The number of benzene rings is 1. The summed E-state index contributed by atoms with van der Waals surface area (Å²) in [7, 11) is 3.50. The van der Waals surface area contributed by atoms with Crippen molar-refractivity contribution in [3.8, 4) is 5.75 Å². The lowest BCUT2D eigenvalue weighted by Gasteiger charge is -2.51. The first-order valence-electron chi connectivity index (χ1n) is 10.8. The van der Waals surface area contributed by atoms with Crippen LogP contribution in [0.3, 0.4) is 0 Å². The molecule has 0 aromatic heterocycles. The first-order valence-corrected chi connectivity index (χ1v) is 11.9. The lowest BCUT2D eigenvalue weighted by Crippen LogP contribution is -2.66. The van der Waals surface area contributed by atoms with Crippen LogP contribution in [0.2, 0.25) is 0 Å². The van der Waals surface area contributed by atoms with Crippen LogP contribution in [-0.4, -0.2) is 63.4 Å². The molecule has 0 heterocycles. The molecule has 1 aromatic rings. The van der Waals surface area contributed by atoms with Gasteiger partial charge in [-0.25, -0.2) is 0 Å². The van der Waals surface area contributed by atoms with Gasteiger partial charge in [-0.05, 0) is 91.6 Å². The van der Waals surface area contributed by atoms with Crippen LogP contribution in [-0.2, 0) is 27.2 Å². The van der Waals surface area contributed by atoms with Crippen LogP contribution in [0, 0.1) is 15.4 Å². The van der Waals surface area contributed by atoms with Crippen molar-refractivity contribution < 1.29 is 29.7 Å². The quantitative estimate of drug-likeness (QED) is 0.248. The summed E-state index contributed by atoms with van der Waals surface area (Å²) in [5.74, 6) is -4.76. The molecule has 8 nitrogen and oxygen atoms in total. The van der Waals surface area contributed by atoms with Gasteiger partial charge < -0.3 is 26.0 Å². The molecule has 4 atom stereocenters. The summed E-state index contributed by atoms with van der Waals surface area (Å²) in [6.07, 6.45) is 1.31. The minimum absolute atomic E-state index is 0.0742. The normalized spacial score (nSPS) is 29.2. The Labute approximate surface area is 205 Å². The number of carbonyl (C=O) groups excluding carboxylic acids is 3. The number of phenolic OH excluding ortho intramolecular Hbond substituents is 1. The van der Waals surface area contributed by atoms with E-state index < -0.39 is 46.7 Å². The second-order valence-electron chi connectivity index (χ2n) is 9.33. The molecule has 1 amide bonds. The van der Waals surface area contributed by atoms with E-state index in [4.69, 9.17) is 5.73 Å². The van der Waals surface area contributed by atoms with E-state index in [-0.39, 0.29) is 28.9 Å². The van der Waals surface area contributed by atoms with Gasteiger partial charge in [-0.3, -0.25) is 14.4 Å². The molecule has 0 bridgehead atoms. The highest BCUT2D eigenvalue weighted by Crippen LogP contribution is 2.53. The van der Waals surface area contributed by atoms with Crippen LogP contribution in [0.1, 0.15) is 37.0 Å². The number of aryl methyl sites for hydroxylation is 1. The molecule has 0 aliphatic heterocycles. The number of aliphatic hydroxyl groups is 2. The second-order valence-corrected chi connectivity index (χ2v) is 10.5. The summed E-state index contributed by atoms with van der Waals surface area (Å²) in [5.41, 5.74) is 4.83. The van der Waals surface area contributed by atoms with E-state index >= 15 is 0 Å². The van der Waals surface area contributed by atoms with Crippen LogP contribution >= 0.6 is 22.6 Å². The molecular weight excluding hydrogens is 539 g/mol. The average Bonchev–Trinajstić information content (AvgIpc) is 2.72. The fourth-order valence-corrected chi connectivity index (χ4v) is 6.70. The minimum Gasteiger partial charge on any atom is -0.507 e. The zero-order chi connectivity index (χ0) is 24.6. The SMILES string of the molecule is CCc1cc(I)c(O)c2c1C[C@H]1C[C@H]3C(N(C)C)C(C)=C(C(N)=O)C(=O)[C@@]3(O)C(=O)C1=C2O. The van der Waals surface area contributed by atoms with Gasteiger partial charge >= 0.3 is 0 Å². The lowest BCUT2D eigenvalue weighted by atomic mass is 9.56. The number of aromatic hydroxyl groups is 1. The van der Waals surface area contributed by atoms with Crippen LogP contribution in [0.15, 0.2) is 22.8 Å². The molecule has 33 heavy (non-hydrogen) atoms. The van der Waals surface area contributed by atoms with Crippen molar-refractivity contribution in [3.63, 3.8) is 0 Å². The number of hydrogen-bond donors (Lipinski definition) is 4. The van der Waals surface area contributed by atoms with Crippen LogP contribution in [0.25, 0.3) is 5.76 Å². The fourth-order valence-electron chi connectivity index (χ4n) is 6.06. The maximum absolute atomic E-state index is 13.8. The summed E-state index contributed by atoms with van der Waals surface area (Å²) >= 11 is 1.97. The Morgan fingerprint density at radius 2 is 1.91 bits per heavy atom. The van der Waals surface area contributed by atoms with E-state index in [0.717, 1.165) is 11.1 Å². The topological polar surface area (TPSA) is 141 Å². The van der Waals surface area contributed by atoms with Crippen molar-refractivity contribution in [2.75, 3.05) is 14.1 Å². The molecule has 3 aliphatic carbocycles. The van der Waals surface area contributed by atoms with Crippen molar-refractivity contribution >= 4 is 45.8 Å². The minimum atomic E-state index is -2.53. The van der Waals surface area contributed by atoms with Gasteiger partial charge in [0.25, 0.3) is 5.91 Å². The number of primary amides is 1. The lowest BCUT2D eigenvalue weighted by molar-refractivity contribution is -0.160. The number of likely N-dealkylation sites (N-methyl/N-ethyl adjacent to an activating group) is 1. The number of ketones is 2. The van der Waals surface area contributed by atoms with Gasteiger partial charge in [0.05, 0.1) is 14.7 Å². The maximum Gasteiger partial charge on any atom is 0.252 e. The zero-order valence-corrected chi connectivity index (χ0v) is 21.1. The van der Waals surface area contributed by atoms with E-state index in [9.17, 15) is 29.7 Å². The van der Waals surface area contributed by atoms with E-state index in [0.29, 0.717) is 22.0 Å². The van der Waals surface area contributed by atoms with E-state index in [1.165, 1.54) is 0 Å². The molecule has 0 spiro atoms. The van der Waals surface area contributed by atoms with E-state index in [1.807, 2.05) is 35.6 Å². The first-order chi connectivity index (χ1) is 15.4. The van der Waals surface area contributed by atoms with Gasteiger partial charge in [-0.15, -0.1) is 0 Å². The highest BCUT2D eigenvalue weighted by molar-refractivity contribution is 14.1. The molecule has 4 rings (SSSR count). The Kier molecular flexibility index (Phi) is 5.73. The number of Topliss-reactive ketones (excluding diaryl/α,β-unsaturated/α-hetero) is 2. The standard InChI is InChI=1S/C24H27IN2O6/c1-5-10-8-14(25)19(28)17-12(10)6-11-7-13-18(27(3)4)9(2)15(23(26)32)21(30)24(13,33)22(31)16(11)20(17)29/h8,11,13,18,28-29,33H,5-7H2,1-4H3,(H2,26,32)/t11-,13-,18?,24+/m0/s1. The summed E-state index contributed by atoms with van der Waals surface area (Å²) in [6, 6.07) is 1.30. The zero-order valence-electron chi connectivity index (χ0n) is 18.9. The largest absolute Gasteiger partial charge is 0.507 e. The van der Waals surface area contributed by atoms with Gasteiger partial charge in [-0.1, -0.05) is 6.92 Å². The van der Waals surface area contributed by atoms with Gasteiger partial charge in [0.2, 0.25) is 11.6 Å². The molecule has 9 heteroatoms. The molecule has 3 aliphatic rings. The monoisotopic (exact) mass is 566 g/mol. The fraction of sp³-hybridized carbons (Fsp3) is 0.458. The van der Waals surface area contributed by atoms with Gasteiger partial charge in [-0.2, -0.15) is 0 Å². The number of aliphatic hydroxyl groups excluding tert-OH is 1. The maximum atomic E-state index is 13.8. The van der Waals surface area contributed by atoms with Crippen molar-refractivity contribution in [2.45, 2.75) is 44.8 Å². The molecular formula is C24H27IN2O6. The number of nitrogens with two attached hydrogens (primary N) is 1. The van der Waals surface area contributed by atoms with Crippen molar-refractivity contribution in [1.29, 1.82) is 0 Å². The number of fused-ring (bicyclic) bond motifs is 3. The molecule has 176 valence electrons. The number of nitrogens with zero attached hydrogens (tertiary/aromatic N) is 1. The summed E-state index contributed by atoms with van der Waals surface area (Å²) < 4.78 is 0.532. The number of amides is 1. The second kappa shape index (κ2) is 7.92. The molecule has 1 aromatic carbocycles. The molecule has 1 saturated carbocycles. The number of rotatable bonds is 3. The van der Waals surface area contributed by atoms with Gasteiger partial charge in [0, 0.05) is 17.5 Å². The van der Waals surface area contributed by atoms with Crippen LogP contribution < -0.4 is 5.73 Å². The Hall–Kier alpha value is -2.24. The molecule has 0 saturated heterocycles.